The summed E-state index contributed by atoms with van der Waals surface area (Å²) in [4.78, 5) is 0. The van der Waals surface area contributed by atoms with E-state index < -0.39 is 0 Å². The van der Waals surface area contributed by atoms with Crippen molar-refractivity contribution in [3.05, 3.63) is 77.9 Å². The lowest BCUT2D eigenvalue weighted by Gasteiger charge is -2.07. The standard InChI is InChI=1S/C20H20/c1-2-7-16-8-5-10-18(15-14-16)20-13-6-11-17-9-3-4-12-19(17)20/h3-6,8-13,15H,2,7,14H2,1H3. The second kappa shape index (κ2) is 5.92. The molecule has 2 aromatic carbocycles. The Balaban J connectivity index is 2.00. The van der Waals surface area contributed by atoms with E-state index in [0.717, 1.165) is 6.42 Å². The van der Waals surface area contributed by atoms with Crippen LogP contribution in [0, 0.1) is 0 Å². The summed E-state index contributed by atoms with van der Waals surface area (Å²) in [6.45, 7) is 2.24. The SMILES string of the molecule is CCCC1=CC=CC(c2cccc3ccccc23)=CC1. The predicted molar refractivity (Wildman–Crippen MR) is 88.7 cm³/mol. The summed E-state index contributed by atoms with van der Waals surface area (Å²) in [7, 11) is 0. The smallest absolute Gasteiger partial charge is 0.0106 e. The van der Waals surface area contributed by atoms with Crippen LogP contribution in [-0.4, -0.2) is 0 Å². The summed E-state index contributed by atoms with van der Waals surface area (Å²) in [6, 6.07) is 15.2. The first-order valence-electron chi connectivity index (χ1n) is 7.43. The van der Waals surface area contributed by atoms with Crippen LogP contribution in [0.2, 0.25) is 0 Å². The third-order valence-corrected chi connectivity index (χ3v) is 3.86. The summed E-state index contributed by atoms with van der Waals surface area (Å²) in [5, 5.41) is 2.65. The van der Waals surface area contributed by atoms with Crippen LogP contribution in [0.4, 0.5) is 0 Å². The molecule has 0 fully saturated rings. The molecule has 0 spiro atoms. The second-order valence-electron chi connectivity index (χ2n) is 5.32. The van der Waals surface area contributed by atoms with Crippen molar-refractivity contribution in [3.63, 3.8) is 0 Å². The quantitative estimate of drug-likeness (QED) is 0.643. The topological polar surface area (TPSA) is 0 Å². The highest BCUT2D eigenvalue weighted by Crippen LogP contribution is 2.28. The zero-order chi connectivity index (χ0) is 13.8. The van der Waals surface area contributed by atoms with E-state index >= 15 is 0 Å². The van der Waals surface area contributed by atoms with Crippen LogP contribution in [0.1, 0.15) is 31.7 Å². The molecule has 0 aliphatic heterocycles. The van der Waals surface area contributed by atoms with Gasteiger partial charge in [0.25, 0.3) is 0 Å². The summed E-state index contributed by atoms with van der Waals surface area (Å²) in [6.07, 6.45) is 12.6. The van der Waals surface area contributed by atoms with E-state index in [2.05, 4.69) is 73.7 Å². The molecule has 0 heterocycles. The Kier molecular flexibility index (Phi) is 3.83. The Morgan fingerprint density at radius 3 is 2.75 bits per heavy atom. The first-order valence-corrected chi connectivity index (χ1v) is 7.43. The van der Waals surface area contributed by atoms with Gasteiger partial charge < -0.3 is 0 Å². The van der Waals surface area contributed by atoms with Crippen molar-refractivity contribution in [2.24, 2.45) is 0 Å². The first kappa shape index (κ1) is 12.9. The highest BCUT2D eigenvalue weighted by molar-refractivity contribution is 5.96. The Hall–Kier alpha value is -2.08. The van der Waals surface area contributed by atoms with Gasteiger partial charge in [0.05, 0.1) is 0 Å². The fourth-order valence-corrected chi connectivity index (χ4v) is 2.85. The molecular weight excluding hydrogens is 240 g/mol. The minimum absolute atomic E-state index is 1.07. The van der Waals surface area contributed by atoms with Gasteiger partial charge in [0, 0.05) is 0 Å². The number of fused-ring (bicyclic) bond motifs is 1. The Morgan fingerprint density at radius 2 is 1.85 bits per heavy atom. The molecule has 0 unspecified atom stereocenters. The maximum Gasteiger partial charge on any atom is -0.0106 e. The molecule has 3 rings (SSSR count). The third-order valence-electron chi connectivity index (χ3n) is 3.86. The molecule has 0 bridgehead atoms. The summed E-state index contributed by atoms with van der Waals surface area (Å²) in [5.74, 6) is 0. The number of hydrogen-bond donors (Lipinski definition) is 0. The van der Waals surface area contributed by atoms with Gasteiger partial charge in [-0.2, -0.15) is 0 Å². The average Bonchev–Trinajstić information content (AvgIpc) is 2.73. The van der Waals surface area contributed by atoms with Gasteiger partial charge >= 0.3 is 0 Å². The number of benzene rings is 2. The maximum absolute atomic E-state index is 2.37. The molecule has 0 saturated carbocycles. The molecule has 0 radical (unpaired) electrons. The zero-order valence-corrected chi connectivity index (χ0v) is 12.0. The van der Waals surface area contributed by atoms with Crippen LogP contribution in [0.25, 0.3) is 16.3 Å². The molecule has 0 heteroatoms. The van der Waals surface area contributed by atoms with Crippen LogP contribution < -0.4 is 0 Å². The van der Waals surface area contributed by atoms with Crippen LogP contribution in [0.15, 0.2) is 72.3 Å². The summed E-state index contributed by atoms with van der Waals surface area (Å²) in [5.41, 5.74) is 4.20. The van der Waals surface area contributed by atoms with Gasteiger partial charge in [0.1, 0.15) is 0 Å². The number of rotatable bonds is 3. The van der Waals surface area contributed by atoms with Crippen molar-refractivity contribution in [2.75, 3.05) is 0 Å². The molecule has 20 heavy (non-hydrogen) atoms. The lowest BCUT2D eigenvalue weighted by molar-refractivity contribution is 0.881. The highest BCUT2D eigenvalue weighted by Gasteiger charge is 2.05. The lowest BCUT2D eigenvalue weighted by atomic mass is 9.97. The Morgan fingerprint density at radius 1 is 1.00 bits per heavy atom. The highest BCUT2D eigenvalue weighted by atomic mass is 14.1. The Labute approximate surface area is 121 Å². The normalized spacial score (nSPS) is 14.8. The van der Waals surface area contributed by atoms with Gasteiger partial charge in [-0.1, -0.05) is 85.7 Å². The van der Waals surface area contributed by atoms with Crippen molar-refractivity contribution in [1.29, 1.82) is 0 Å². The van der Waals surface area contributed by atoms with Crippen molar-refractivity contribution in [1.82, 2.24) is 0 Å². The van der Waals surface area contributed by atoms with E-state index in [9.17, 15) is 0 Å². The monoisotopic (exact) mass is 260 g/mol. The minimum Gasteiger partial charge on any atom is -0.0726 e. The zero-order valence-electron chi connectivity index (χ0n) is 12.0. The molecule has 0 amide bonds. The number of hydrogen-bond acceptors (Lipinski definition) is 0. The fraction of sp³-hybridized carbons (Fsp3) is 0.200. The molecule has 0 atom stereocenters. The van der Waals surface area contributed by atoms with Crippen molar-refractivity contribution < 1.29 is 0 Å². The molecule has 1 aliphatic carbocycles. The van der Waals surface area contributed by atoms with Crippen LogP contribution >= 0.6 is 0 Å². The minimum atomic E-state index is 1.07. The molecule has 0 aromatic heterocycles. The van der Waals surface area contributed by atoms with E-state index in [0.29, 0.717) is 0 Å². The van der Waals surface area contributed by atoms with E-state index in [4.69, 9.17) is 0 Å². The van der Waals surface area contributed by atoms with Gasteiger partial charge in [-0.3, -0.25) is 0 Å². The molecule has 2 aromatic rings. The van der Waals surface area contributed by atoms with Gasteiger partial charge in [-0.05, 0) is 34.8 Å². The second-order valence-corrected chi connectivity index (χ2v) is 5.32. The Bertz CT molecular complexity index is 694. The largest absolute Gasteiger partial charge is 0.0726 e. The van der Waals surface area contributed by atoms with E-state index in [-0.39, 0.29) is 0 Å². The molecule has 100 valence electrons. The first-order chi connectivity index (χ1) is 9.88. The lowest BCUT2D eigenvalue weighted by Crippen LogP contribution is -1.85. The summed E-state index contributed by atoms with van der Waals surface area (Å²) < 4.78 is 0. The van der Waals surface area contributed by atoms with E-state index in [1.54, 1.807) is 0 Å². The van der Waals surface area contributed by atoms with Crippen molar-refractivity contribution in [2.45, 2.75) is 26.2 Å². The number of allylic oxidation sites excluding steroid dienone is 6. The average molecular weight is 260 g/mol. The molecule has 0 N–H and O–H groups in total. The van der Waals surface area contributed by atoms with Crippen LogP contribution in [-0.2, 0) is 0 Å². The predicted octanol–water partition coefficient (Wildman–Crippen LogP) is 5.91. The van der Waals surface area contributed by atoms with Crippen LogP contribution in [0.3, 0.4) is 0 Å². The summed E-state index contributed by atoms with van der Waals surface area (Å²) >= 11 is 0. The molecule has 1 aliphatic rings. The van der Waals surface area contributed by atoms with Gasteiger partial charge in [0.2, 0.25) is 0 Å². The van der Waals surface area contributed by atoms with Crippen molar-refractivity contribution >= 4 is 16.3 Å². The molecular formula is C20H20. The van der Waals surface area contributed by atoms with Gasteiger partial charge in [0.15, 0.2) is 0 Å². The van der Waals surface area contributed by atoms with Crippen LogP contribution in [0.5, 0.6) is 0 Å². The fourth-order valence-electron chi connectivity index (χ4n) is 2.85. The van der Waals surface area contributed by atoms with Crippen molar-refractivity contribution in [3.8, 4) is 0 Å². The third kappa shape index (κ3) is 2.60. The molecule has 0 saturated heterocycles. The molecule has 0 nitrogen and oxygen atoms in total. The van der Waals surface area contributed by atoms with E-state index in [1.165, 1.54) is 40.3 Å². The van der Waals surface area contributed by atoms with E-state index in [1.807, 2.05) is 0 Å². The van der Waals surface area contributed by atoms with Gasteiger partial charge in [-0.15, -0.1) is 0 Å². The maximum atomic E-state index is 2.37. The van der Waals surface area contributed by atoms with Gasteiger partial charge in [-0.25, -0.2) is 0 Å².